The molecule has 0 bridgehead atoms. The molecule has 0 spiro atoms. The normalized spacial score (nSPS) is 32.1. The van der Waals surface area contributed by atoms with Crippen molar-refractivity contribution in [1.82, 2.24) is 0 Å². The van der Waals surface area contributed by atoms with Crippen LogP contribution in [-0.4, -0.2) is 30.1 Å². The molecule has 5 heteroatoms. The van der Waals surface area contributed by atoms with Crippen LogP contribution >= 0.6 is 0 Å². The van der Waals surface area contributed by atoms with Crippen molar-refractivity contribution < 1.29 is 23.0 Å². The van der Waals surface area contributed by atoms with E-state index in [4.69, 9.17) is 9.84 Å². The van der Waals surface area contributed by atoms with E-state index in [2.05, 4.69) is 0 Å². The zero-order chi connectivity index (χ0) is 10.8. The van der Waals surface area contributed by atoms with E-state index in [-0.39, 0.29) is 18.9 Å². The van der Waals surface area contributed by atoms with Crippen molar-refractivity contribution in [1.29, 1.82) is 0 Å². The molecule has 0 saturated carbocycles. The van der Waals surface area contributed by atoms with Gasteiger partial charge in [0.05, 0.1) is 6.61 Å². The highest BCUT2D eigenvalue weighted by Gasteiger charge is 2.50. The standard InChI is InChI=1S/C9H15F3O2/c1-2-3-6-4-7(14-5-6)9(12,13)8(10)11/h6-8,13H,2-5H2,1H3. The molecule has 1 heterocycles. The van der Waals surface area contributed by atoms with Crippen LogP contribution in [0.3, 0.4) is 0 Å². The number of hydrogen-bond acceptors (Lipinski definition) is 2. The fraction of sp³-hybridized carbons (Fsp3) is 1.00. The lowest BCUT2D eigenvalue weighted by Gasteiger charge is -2.23. The maximum absolute atomic E-state index is 13.0. The van der Waals surface area contributed by atoms with Crippen LogP contribution < -0.4 is 0 Å². The van der Waals surface area contributed by atoms with Crippen LogP contribution in [0, 0.1) is 5.92 Å². The van der Waals surface area contributed by atoms with Gasteiger partial charge < -0.3 is 9.84 Å². The Balaban J connectivity index is 2.48. The Bertz CT molecular complexity index is 185. The van der Waals surface area contributed by atoms with Gasteiger partial charge in [0.2, 0.25) is 0 Å². The second kappa shape index (κ2) is 4.49. The fourth-order valence-corrected chi connectivity index (χ4v) is 1.72. The van der Waals surface area contributed by atoms with Gasteiger partial charge in [0.25, 0.3) is 12.3 Å². The van der Waals surface area contributed by atoms with Crippen molar-refractivity contribution in [2.45, 2.75) is 44.6 Å². The summed E-state index contributed by atoms with van der Waals surface area (Å²) in [5.74, 6) is -3.41. The molecule has 0 aromatic rings. The Hall–Kier alpha value is -0.290. The summed E-state index contributed by atoms with van der Waals surface area (Å²) in [5, 5.41) is 8.84. The van der Waals surface area contributed by atoms with E-state index in [0.29, 0.717) is 0 Å². The van der Waals surface area contributed by atoms with Crippen LogP contribution in [0.2, 0.25) is 0 Å². The van der Waals surface area contributed by atoms with Gasteiger partial charge in [-0.3, -0.25) is 0 Å². The van der Waals surface area contributed by atoms with Crippen LogP contribution in [0.4, 0.5) is 13.2 Å². The molecular formula is C9H15F3O2. The van der Waals surface area contributed by atoms with Gasteiger partial charge in [0.1, 0.15) is 6.10 Å². The highest BCUT2D eigenvalue weighted by Crippen LogP contribution is 2.34. The highest BCUT2D eigenvalue weighted by atomic mass is 19.3. The van der Waals surface area contributed by atoms with E-state index < -0.39 is 18.4 Å². The van der Waals surface area contributed by atoms with Gasteiger partial charge in [0.15, 0.2) is 0 Å². The Morgan fingerprint density at radius 2 is 2.21 bits per heavy atom. The van der Waals surface area contributed by atoms with Gasteiger partial charge in [-0.1, -0.05) is 13.3 Å². The van der Waals surface area contributed by atoms with E-state index in [1.54, 1.807) is 0 Å². The Morgan fingerprint density at radius 3 is 2.71 bits per heavy atom. The van der Waals surface area contributed by atoms with Crippen molar-refractivity contribution in [2.75, 3.05) is 6.61 Å². The van der Waals surface area contributed by atoms with Crippen LogP contribution in [0.5, 0.6) is 0 Å². The minimum Gasteiger partial charge on any atom is -0.372 e. The molecule has 1 aliphatic rings. The van der Waals surface area contributed by atoms with E-state index in [0.717, 1.165) is 12.8 Å². The zero-order valence-corrected chi connectivity index (χ0v) is 8.05. The van der Waals surface area contributed by atoms with Crippen molar-refractivity contribution >= 4 is 0 Å². The van der Waals surface area contributed by atoms with Crippen LogP contribution in [0.1, 0.15) is 26.2 Å². The summed E-state index contributed by atoms with van der Waals surface area (Å²) >= 11 is 0. The molecular weight excluding hydrogens is 197 g/mol. The molecule has 1 rings (SSSR count). The van der Waals surface area contributed by atoms with Gasteiger partial charge in [0, 0.05) is 0 Å². The number of aliphatic hydroxyl groups is 1. The third-order valence-electron chi connectivity index (χ3n) is 2.54. The molecule has 1 saturated heterocycles. The van der Waals surface area contributed by atoms with E-state index in [1.807, 2.05) is 6.92 Å². The molecule has 0 aliphatic carbocycles. The molecule has 1 aliphatic heterocycles. The molecule has 0 aromatic heterocycles. The van der Waals surface area contributed by atoms with Crippen molar-refractivity contribution in [2.24, 2.45) is 5.92 Å². The summed E-state index contributed by atoms with van der Waals surface area (Å²) in [4.78, 5) is 0. The quantitative estimate of drug-likeness (QED) is 0.773. The first-order valence-electron chi connectivity index (χ1n) is 4.79. The second-order valence-corrected chi connectivity index (χ2v) is 3.74. The maximum Gasteiger partial charge on any atom is 0.298 e. The van der Waals surface area contributed by atoms with E-state index in [9.17, 15) is 13.2 Å². The lowest BCUT2D eigenvalue weighted by atomic mass is 9.97. The smallest absolute Gasteiger partial charge is 0.298 e. The SMILES string of the molecule is CCCC1COC(C(O)(F)C(F)F)C1. The Kier molecular flexibility index (Phi) is 3.78. The van der Waals surface area contributed by atoms with Gasteiger partial charge in [-0.25, -0.2) is 13.2 Å². The van der Waals surface area contributed by atoms with Crippen LogP contribution in [0.15, 0.2) is 0 Å². The zero-order valence-electron chi connectivity index (χ0n) is 8.05. The molecule has 3 unspecified atom stereocenters. The number of ether oxygens (including phenoxy) is 1. The molecule has 2 nitrogen and oxygen atoms in total. The molecule has 0 amide bonds. The summed E-state index contributed by atoms with van der Waals surface area (Å²) < 4.78 is 42.0. The lowest BCUT2D eigenvalue weighted by Crippen LogP contribution is -2.44. The van der Waals surface area contributed by atoms with E-state index in [1.165, 1.54) is 0 Å². The third kappa shape index (κ3) is 2.39. The topological polar surface area (TPSA) is 29.5 Å². The predicted octanol–water partition coefficient (Wildman–Crippen LogP) is 2.11. The number of rotatable bonds is 4. The van der Waals surface area contributed by atoms with Crippen LogP contribution in [-0.2, 0) is 4.74 Å². The average Bonchev–Trinajstić information content (AvgIpc) is 2.53. The summed E-state index contributed by atoms with van der Waals surface area (Å²) in [7, 11) is 0. The first-order chi connectivity index (χ1) is 6.48. The molecule has 84 valence electrons. The summed E-state index contributed by atoms with van der Waals surface area (Å²) in [6, 6.07) is 0. The number of halogens is 3. The third-order valence-corrected chi connectivity index (χ3v) is 2.54. The molecule has 3 atom stereocenters. The number of alkyl halides is 3. The average molecular weight is 212 g/mol. The molecule has 14 heavy (non-hydrogen) atoms. The second-order valence-electron chi connectivity index (χ2n) is 3.74. The lowest BCUT2D eigenvalue weighted by molar-refractivity contribution is -0.241. The largest absolute Gasteiger partial charge is 0.372 e. The minimum atomic E-state index is -3.50. The first-order valence-corrected chi connectivity index (χ1v) is 4.79. The minimum absolute atomic E-state index is 0.0889. The highest BCUT2D eigenvalue weighted by molar-refractivity contribution is 4.86. The van der Waals surface area contributed by atoms with Gasteiger partial charge in [-0.05, 0) is 18.8 Å². The fourth-order valence-electron chi connectivity index (χ4n) is 1.72. The maximum atomic E-state index is 13.0. The molecule has 0 aromatic carbocycles. The summed E-state index contributed by atoms with van der Waals surface area (Å²) in [5.41, 5.74) is 0. The van der Waals surface area contributed by atoms with Crippen molar-refractivity contribution in [3.63, 3.8) is 0 Å². The number of hydrogen-bond donors (Lipinski definition) is 1. The first kappa shape index (κ1) is 11.8. The monoisotopic (exact) mass is 212 g/mol. The Morgan fingerprint density at radius 1 is 1.57 bits per heavy atom. The van der Waals surface area contributed by atoms with Gasteiger partial charge in [-0.15, -0.1) is 0 Å². The van der Waals surface area contributed by atoms with Crippen molar-refractivity contribution in [3.8, 4) is 0 Å². The van der Waals surface area contributed by atoms with Gasteiger partial charge >= 0.3 is 0 Å². The Labute approximate surface area is 81.1 Å². The summed E-state index contributed by atoms with van der Waals surface area (Å²) in [6.07, 6.45) is -2.90. The van der Waals surface area contributed by atoms with Crippen molar-refractivity contribution in [3.05, 3.63) is 0 Å². The molecule has 0 radical (unpaired) electrons. The van der Waals surface area contributed by atoms with Crippen LogP contribution in [0.25, 0.3) is 0 Å². The van der Waals surface area contributed by atoms with Gasteiger partial charge in [-0.2, -0.15) is 0 Å². The molecule has 1 N–H and O–H groups in total. The van der Waals surface area contributed by atoms with E-state index >= 15 is 0 Å². The molecule has 1 fully saturated rings. The predicted molar refractivity (Wildman–Crippen MR) is 44.8 cm³/mol. The summed E-state index contributed by atoms with van der Waals surface area (Å²) in [6.45, 7) is 2.22.